The van der Waals surface area contributed by atoms with Crippen molar-refractivity contribution in [1.82, 2.24) is 4.72 Å². The van der Waals surface area contributed by atoms with Gasteiger partial charge in [0.1, 0.15) is 0 Å². The van der Waals surface area contributed by atoms with Gasteiger partial charge in [-0.15, -0.1) is 0 Å². The van der Waals surface area contributed by atoms with Crippen LogP contribution in [0.2, 0.25) is 5.02 Å². The number of anilines is 1. The van der Waals surface area contributed by atoms with Gasteiger partial charge in [0.05, 0.1) is 15.6 Å². The number of aryl methyl sites for hydroxylation is 1. The van der Waals surface area contributed by atoms with Gasteiger partial charge in [0.2, 0.25) is 10.0 Å². The van der Waals surface area contributed by atoms with E-state index in [0.29, 0.717) is 10.6 Å². The number of sulfonamides is 1. The molecule has 0 bridgehead atoms. The largest absolute Gasteiger partial charge is 0.397 e. The number of benzene rings is 1. The van der Waals surface area contributed by atoms with Gasteiger partial charge in [-0.1, -0.05) is 18.0 Å². The molecule has 1 aromatic rings. The molecule has 17 heavy (non-hydrogen) atoms. The van der Waals surface area contributed by atoms with E-state index in [0.717, 1.165) is 19.3 Å². The van der Waals surface area contributed by atoms with Crippen molar-refractivity contribution in [3.63, 3.8) is 0 Å². The molecule has 4 nitrogen and oxygen atoms in total. The van der Waals surface area contributed by atoms with Crippen molar-refractivity contribution < 1.29 is 8.42 Å². The van der Waals surface area contributed by atoms with E-state index in [4.69, 9.17) is 17.3 Å². The number of hydrogen-bond acceptors (Lipinski definition) is 3. The summed E-state index contributed by atoms with van der Waals surface area (Å²) >= 11 is 5.84. The van der Waals surface area contributed by atoms with Gasteiger partial charge in [0.15, 0.2) is 0 Å². The Morgan fingerprint density at radius 2 is 2.06 bits per heavy atom. The Balaban J connectivity index is 2.35. The van der Waals surface area contributed by atoms with E-state index in [1.54, 1.807) is 13.0 Å². The average Bonchev–Trinajstić information content (AvgIpc) is 2.17. The summed E-state index contributed by atoms with van der Waals surface area (Å²) in [5, 5.41) is 0.380. The van der Waals surface area contributed by atoms with Crippen LogP contribution in [0.1, 0.15) is 24.8 Å². The lowest BCUT2D eigenvalue weighted by molar-refractivity contribution is 0.383. The lowest BCUT2D eigenvalue weighted by Gasteiger charge is -2.26. The van der Waals surface area contributed by atoms with Crippen LogP contribution in [-0.4, -0.2) is 14.5 Å². The molecule has 1 aliphatic rings. The summed E-state index contributed by atoms with van der Waals surface area (Å²) in [5.41, 5.74) is 6.53. The molecule has 1 saturated carbocycles. The minimum absolute atomic E-state index is 0.0660. The van der Waals surface area contributed by atoms with E-state index in [2.05, 4.69) is 4.72 Å². The maximum Gasteiger partial charge on any atom is 0.241 e. The Morgan fingerprint density at radius 3 is 2.59 bits per heavy atom. The quantitative estimate of drug-likeness (QED) is 0.829. The Morgan fingerprint density at radius 1 is 1.41 bits per heavy atom. The predicted molar refractivity (Wildman–Crippen MR) is 68.6 cm³/mol. The van der Waals surface area contributed by atoms with E-state index in [1.807, 2.05) is 0 Å². The first-order valence-corrected chi connectivity index (χ1v) is 7.34. The fourth-order valence-electron chi connectivity index (χ4n) is 1.77. The summed E-state index contributed by atoms with van der Waals surface area (Å²) < 4.78 is 26.9. The molecule has 0 heterocycles. The van der Waals surface area contributed by atoms with Gasteiger partial charge in [0.25, 0.3) is 0 Å². The highest BCUT2D eigenvalue weighted by Gasteiger charge is 2.26. The van der Waals surface area contributed by atoms with E-state index in [9.17, 15) is 8.42 Å². The van der Waals surface area contributed by atoms with E-state index in [1.165, 1.54) is 6.07 Å². The van der Waals surface area contributed by atoms with Gasteiger partial charge in [-0.25, -0.2) is 13.1 Å². The molecule has 1 fully saturated rings. The number of hydrogen-bond donors (Lipinski definition) is 2. The monoisotopic (exact) mass is 274 g/mol. The first-order valence-electron chi connectivity index (χ1n) is 5.48. The third-order valence-electron chi connectivity index (χ3n) is 3.01. The molecule has 3 N–H and O–H groups in total. The van der Waals surface area contributed by atoms with Gasteiger partial charge in [-0.2, -0.15) is 0 Å². The van der Waals surface area contributed by atoms with Crippen molar-refractivity contribution in [2.45, 2.75) is 37.1 Å². The third kappa shape index (κ3) is 2.56. The van der Waals surface area contributed by atoms with Crippen LogP contribution in [0.5, 0.6) is 0 Å². The molecule has 0 radical (unpaired) electrons. The molecular formula is C11H15ClN2O2S. The standard InChI is InChI=1S/C11H15ClN2O2S/c1-7-5-9(12)10(13)6-11(7)17(15,16)14-8-3-2-4-8/h5-6,8,14H,2-4,13H2,1H3. The molecule has 0 saturated heterocycles. The highest BCUT2D eigenvalue weighted by molar-refractivity contribution is 7.89. The molecular weight excluding hydrogens is 260 g/mol. The summed E-state index contributed by atoms with van der Waals surface area (Å²) in [5.74, 6) is 0. The Hall–Kier alpha value is -0.780. The third-order valence-corrected chi connectivity index (χ3v) is 5.00. The van der Waals surface area contributed by atoms with Crippen molar-refractivity contribution in [2.75, 3.05) is 5.73 Å². The van der Waals surface area contributed by atoms with E-state index >= 15 is 0 Å². The smallest absolute Gasteiger partial charge is 0.241 e. The summed E-state index contributed by atoms with van der Waals surface area (Å²) in [6.07, 6.45) is 2.89. The maximum atomic E-state index is 12.1. The van der Waals surface area contributed by atoms with Crippen LogP contribution in [0.25, 0.3) is 0 Å². The first-order chi connectivity index (χ1) is 7.90. The van der Waals surface area contributed by atoms with Gasteiger partial charge in [0, 0.05) is 6.04 Å². The SMILES string of the molecule is Cc1cc(Cl)c(N)cc1S(=O)(=O)NC1CCC1. The molecule has 0 aromatic heterocycles. The normalized spacial score (nSPS) is 16.8. The zero-order chi connectivity index (χ0) is 12.6. The molecule has 0 unspecified atom stereocenters. The van der Waals surface area contributed by atoms with Crippen molar-refractivity contribution in [3.05, 3.63) is 22.7 Å². The molecule has 6 heteroatoms. The van der Waals surface area contributed by atoms with Crippen LogP contribution >= 0.6 is 11.6 Å². The summed E-state index contributed by atoms with van der Waals surface area (Å²) in [6.45, 7) is 1.71. The van der Waals surface area contributed by atoms with Crippen LogP contribution < -0.4 is 10.5 Å². The fraction of sp³-hybridized carbons (Fsp3) is 0.455. The Labute approximate surface area is 106 Å². The van der Waals surface area contributed by atoms with Crippen LogP contribution in [0.15, 0.2) is 17.0 Å². The maximum absolute atomic E-state index is 12.1. The minimum Gasteiger partial charge on any atom is -0.397 e. The Kier molecular flexibility index (Phi) is 3.34. The molecule has 1 aliphatic carbocycles. The summed E-state index contributed by atoms with van der Waals surface area (Å²) in [7, 11) is -3.48. The summed E-state index contributed by atoms with van der Waals surface area (Å²) in [6, 6.07) is 3.06. The summed E-state index contributed by atoms with van der Waals surface area (Å²) in [4.78, 5) is 0.214. The van der Waals surface area contributed by atoms with Gasteiger partial charge >= 0.3 is 0 Å². The average molecular weight is 275 g/mol. The second-order valence-electron chi connectivity index (χ2n) is 4.39. The lowest BCUT2D eigenvalue weighted by atomic mass is 9.94. The van der Waals surface area contributed by atoms with E-state index in [-0.39, 0.29) is 16.6 Å². The topological polar surface area (TPSA) is 72.2 Å². The van der Waals surface area contributed by atoms with Crippen LogP contribution in [-0.2, 0) is 10.0 Å². The van der Waals surface area contributed by atoms with Crippen molar-refractivity contribution in [2.24, 2.45) is 0 Å². The number of rotatable bonds is 3. The zero-order valence-corrected chi connectivity index (χ0v) is 11.1. The molecule has 0 spiro atoms. The highest BCUT2D eigenvalue weighted by Crippen LogP contribution is 2.27. The van der Waals surface area contributed by atoms with Gasteiger partial charge in [-0.3, -0.25) is 0 Å². The number of halogens is 1. The van der Waals surface area contributed by atoms with Crippen LogP contribution in [0, 0.1) is 6.92 Å². The van der Waals surface area contributed by atoms with Crippen molar-refractivity contribution in [3.8, 4) is 0 Å². The predicted octanol–water partition coefficient (Wildman–Crippen LogP) is 2.06. The molecule has 1 aromatic carbocycles. The lowest BCUT2D eigenvalue weighted by Crippen LogP contribution is -2.39. The van der Waals surface area contributed by atoms with E-state index < -0.39 is 10.0 Å². The molecule has 2 rings (SSSR count). The van der Waals surface area contributed by atoms with Gasteiger partial charge < -0.3 is 5.73 Å². The molecule has 0 atom stereocenters. The second-order valence-corrected chi connectivity index (χ2v) is 6.48. The van der Waals surface area contributed by atoms with Gasteiger partial charge in [-0.05, 0) is 37.5 Å². The zero-order valence-electron chi connectivity index (χ0n) is 9.53. The number of nitrogens with two attached hydrogens (primary N) is 1. The number of nitrogen functional groups attached to an aromatic ring is 1. The van der Waals surface area contributed by atoms with Crippen LogP contribution in [0.4, 0.5) is 5.69 Å². The van der Waals surface area contributed by atoms with Crippen molar-refractivity contribution >= 4 is 27.3 Å². The minimum atomic E-state index is -3.48. The highest BCUT2D eigenvalue weighted by atomic mass is 35.5. The molecule has 0 amide bonds. The second kappa shape index (κ2) is 4.48. The Bertz CT molecular complexity index is 539. The fourth-order valence-corrected chi connectivity index (χ4v) is 3.55. The first kappa shape index (κ1) is 12.7. The molecule has 94 valence electrons. The van der Waals surface area contributed by atoms with Crippen LogP contribution in [0.3, 0.4) is 0 Å². The molecule has 0 aliphatic heterocycles. The number of nitrogens with one attached hydrogen (secondary N) is 1. The van der Waals surface area contributed by atoms with Crippen molar-refractivity contribution in [1.29, 1.82) is 0 Å².